The molecule has 0 aromatic heterocycles. The maximum Gasteiger partial charge on any atom is 0.253 e. The lowest BCUT2D eigenvalue weighted by molar-refractivity contribution is 0.0747. The molecule has 2 aromatic carbocycles. The number of hydrogen-bond donors (Lipinski definition) is 0. The quantitative estimate of drug-likeness (QED) is 0.643. The van der Waals surface area contributed by atoms with Crippen molar-refractivity contribution in [1.82, 2.24) is 9.21 Å². The topological polar surface area (TPSA) is 91.8 Å². The lowest BCUT2D eigenvalue weighted by Crippen LogP contribution is -2.44. The third kappa shape index (κ3) is 5.00. The molecule has 0 aliphatic carbocycles. The predicted octanol–water partition coefficient (Wildman–Crippen LogP) is 3.00. The Hall–Kier alpha value is -2.23. The number of nitrogens with zero attached hydrogens (tertiary/aromatic N) is 2. The van der Waals surface area contributed by atoms with E-state index in [4.69, 9.17) is 0 Å². The largest absolute Gasteiger partial charge is 0.338 e. The Kier molecular flexibility index (Phi) is 6.66. The number of hydrogen-bond acceptors (Lipinski definition) is 5. The van der Waals surface area contributed by atoms with Crippen molar-refractivity contribution >= 4 is 25.8 Å². The first-order chi connectivity index (χ1) is 15.6. The summed E-state index contributed by atoms with van der Waals surface area (Å²) < 4.78 is 51.9. The van der Waals surface area contributed by atoms with Gasteiger partial charge in [0.25, 0.3) is 5.91 Å². The third-order valence-corrected chi connectivity index (χ3v) is 10.9. The van der Waals surface area contributed by atoms with Crippen molar-refractivity contribution in [2.24, 2.45) is 0 Å². The fraction of sp³-hybridized carbons (Fsp3) is 0.458. The van der Waals surface area contributed by atoms with Crippen LogP contribution >= 0.6 is 0 Å². The molecular weight excluding hydrogens is 460 g/mol. The van der Waals surface area contributed by atoms with Gasteiger partial charge in [0, 0.05) is 31.2 Å². The molecule has 33 heavy (non-hydrogen) atoms. The van der Waals surface area contributed by atoms with Gasteiger partial charge in [0.15, 0.2) is 9.84 Å². The van der Waals surface area contributed by atoms with Gasteiger partial charge in [0.1, 0.15) is 5.25 Å². The van der Waals surface area contributed by atoms with Gasteiger partial charge in [-0.05, 0) is 49.4 Å². The Labute approximate surface area is 196 Å². The molecule has 2 aliphatic rings. The molecule has 7 nitrogen and oxygen atoms in total. The standard InChI is InChI=1S/C24H30N2O5S2/c1-18-8-13-23(20-6-4-3-5-7-20)33(30,31)26(18)16-19-9-11-21(12-10-19)24(27)25(2)22-14-15-32(28,29)17-22/h3-7,9-12,18,22-23H,8,13-17H2,1-2H3/t18-,22?,23?/m0/s1. The zero-order valence-corrected chi connectivity index (χ0v) is 20.6. The Morgan fingerprint density at radius 1 is 0.970 bits per heavy atom. The van der Waals surface area contributed by atoms with Gasteiger partial charge in [-0.15, -0.1) is 0 Å². The van der Waals surface area contributed by atoms with Crippen LogP contribution in [0.3, 0.4) is 0 Å². The van der Waals surface area contributed by atoms with Crippen LogP contribution in [0.5, 0.6) is 0 Å². The summed E-state index contributed by atoms with van der Waals surface area (Å²) >= 11 is 0. The molecule has 0 bridgehead atoms. The Morgan fingerprint density at radius 3 is 2.24 bits per heavy atom. The number of carbonyl (C=O) groups excluding carboxylic acids is 1. The molecular formula is C24H30N2O5S2. The molecule has 2 fully saturated rings. The first-order valence-corrected chi connectivity index (χ1v) is 14.5. The van der Waals surface area contributed by atoms with E-state index in [0.717, 1.165) is 17.5 Å². The minimum absolute atomic E-state index is 0.000608. The van der Waals surface area contributed by atoms with E-state index in [1.807, 2.05) is 37.3 Å². The summed E-state index contributed by atoms with van der Waals surface area (Å²) in [5.74, 6) is -0.117. The molecule has 0 spiro atoms. The van der Waals surface area contributed by atoms with Crippen molar-refractivity contribution in [2.45, 2.75) is 50.1 Å². The van der Waals surface area contributed by atoms with Crippen LogP contribution in [0.1, 0.15) is 52.9 Å². The monoisotopic (exact) mass is 490 g/mol. The Morgan fingerprint density at radius 2 is 1.64 bits per heavy atom. The average molecular weight is 491 g/mol. The average Bonchev–Trinajstić information content (AvgIpc) is 3.16. The van der Waals surface area contributed by atoms with Gasteiger partial charge in [-0.3, -0.25) is 4.79 Å². The van der Waals surface area contributed by atoms with Crippen LogP contribution in [0.2, 0.25) is 0 Å². The smallest absolute Gasteiger partial charge is 0.253 e. The van der Waals surface area contributed by atoms with E-state index < -0.39 is 25.1 Å². The molecule has 178 valence electrons. The van der Waals surface area contributed by atoms with Crippen molar-refractivity contribution in [3.63, 3.8) is 0 Å². The first-order valence-electron chi connectivity index (χ1n) is 11.2. The van der Waals surface area contributed by atoms with Gasteiger partial charge in [-0.25, -0.2) is 16.8 Å². The predicted molar refractivity (Wildman–Crippen MR) is 128 cm³/mol. The molecule has 3 atom stereocenters. The molecule has 2 saturated heterocycles. The fourth-order valence-electron chi connectivity index (χ4n) is 4.73. The lowest BCUT2D eigenvalue weighted by Gasteiger charge is -2.37. The van der Waals surface area contributed by atoms with Crippen molar-refractivity contribution in [1.29, 1.82) is 0 Å². The van der Waals surface area contributed by atoms with Gasteiger partial charge in [0.05, 0.1) is 11.5 Å². The summed E-state index contributed by atoms with van der Waals surface area (Å²) in [4.78, 5) is 14.3. The van der Waals surface area contributed by atoms with Crippen molar-refractivity contribution in [2.75, 3.05) is 18.6 Å². The van der Waals surface area contributed by atoms with Crippen molar-refractivity contribution in [3.8, 4) is 0 Å². The van der Waals surface area contributed by atoms with E-state index in [1.165, 1.54) is 4.90 Å². The number of benzene rings is 2. The second kappa shape index (κ2) is 9.19. The first kappa shape index (κ1) is 23.9. The Balaban J connectivity index is 1.48. The highest BCUT2D eigenvalue weighted by atomic mass is 32.2. The van der Waals surface area contributed by atoms with E-state index >= 15 is 0 Å². The van der Waals surface area contributed by atoms with Gasteiger partial charge in [0.2, 0.25) is 10.0 Å². The van der Waals surface area contributed by atoms with Gasteiger partial charge >= 0.3 is 0 Å². The summed E-state index contributed by atoms with van der Waals surface area (Å²) in [6, 6.07) is 15.9. The molecule has 2 heterocycles. The van der Waals surface area contributed by atoms with E-state index in [0.29, 0.717) is 18.4 Å². The van der Waals surface area contributed by atoms with E-state index in [1.54, 1.807) is 35.6 Å². The van der Waals surface area contributed by atoms with Crippen LogP contribution in [0.4, 0.5) is 0 Å². The second-order valence-electron chi connectivity index (χ2n) is 9.09. The van der Waals surface area contributed by atoms with Crippen LogP contribution in [0, 0.1) is 0 Å². The van der Waals surface area contributed by atoms with Crippen LogP contribution in [-0.4, -0.2) is 62.6 Å². The minimum atomic E-state index is -3.53. The lowest BCUT2D eigenvalue weighted by atomic mass is 10.0. The zero-order valence-electron chi connectivity index (χ0n) is 18.9. The Bertz CT molecular complexity index is 1210. The molecule has 1 amide bonds. The summed E-state index contributed by atoms with van der Waals surface area (Å²) in [5, 5.41) is -0.549. The number of sulfonamides is 1. The van der Waals surface area contributed by atoms with Crippen molar-refractivity contribution < 1.29 is 21.6 Å². The van der Waals surface area contributed by atoms with Crippen LogP contribution in [0.15, 0.2) is 54.6 Å². The highest BCUT2D eigenvalue weighted by molar-refractivity contribution is 7.91. The number of carbonyl (C=O) groups is 1. The minimum Gasteiger partial charge on any atom is -0.338 e. The van der Waals surface area contributed by atoms with Gasteiger partial charge < -0.3 is 4.90 Å². The van der Waals surface area contributed by atoms with Gasteiger partial charge in [-0.2, -0.15) is 4.31 Å². The highest BCUT2D eigenvalue weighted by Crippen LogP contribution is 2.38. The van der Waals surface area contributed by atoms with E-state index in [9.17, 15) is 21.6 Å². The molecule has 2 unspecified atom stereocenters. The maximum absolute atomic E-state index is 13.4. The van der Waals surface area contributed by atoms with Gasteiger partial charge in [-0.1, -0.05) is 42.5 Å². The van der Waals surface area contributed by atoms with E-state index in [2.05, 4.69) is 0 Å². The molecule has 0 saturated carbocycles. The van der Waals surface area contributed by atoms with E-state index in [-0.39, 0.29) is 36.0 Å². The normalized spacial score (nSPS) is 26.7. The highest BCUT2D eigenvalue weighted by Gasteiger charge is 2.40. The molecule has 2 aromatic rings. The van der Waals surface area contributed by atoms with Crippen molar-refractivity contribution in [3.05, 3.63) is 71.3 Å². The molecule has 9 heteroatoms. The van der Waals surface area contributed by atoms with Crippen LogP contribution in [-0.2, 0) is 26.4 Å². The number of sulfone groups is 1. The zero-order chi connectivity index (χ0) is 23.8. The second-order valence-corrected chi connectivity index (χ2v) is 13.4. The maximum atomic E-state index is 13.4. The third-order valence-electron chi connectivity index (χ3n) is 6.81. The summed E-state index contributed by atoms with van der Waals surface area (Å²) in [6.07, 6.45) is 1.83. The van der Waals surface area contributed by atoms with Crippen LogP contribution in [0.25, 0.3) is 0 Å². The summed E-state index contributed by atoms with van der Waals surface area (Å²) in [7, 11) is -4.97. The fourth-order valence-corrected chi connectivity index (χ4v) is 8.71. The summed E-state index contributed by atoms with van der Waals surface area (Å²) in [5.41, 5.74) is 2.08. The molecule has 0 N–H and O–H groups in total. The molecule has 4 rings (SSSR count). The molecule has 2 aliphatic heterocycles. The van der Waals surface area contributed by atoms with Crippen LogP contribution < -0.4 is 0 Å². The SMILES string of the molecule is C[C@H]1CCC(c2ccccc2)S(=O)(=O)N1Cc1ccc(C(=O)N(C)C2CCS(=O)(=O)C2)cc1. The number of amides is 1. The summed E-state index contributed by atoms with van der Waals surface area (Å²) in [6.45, 7) is 2.18. The number of rotatable bonds is 5. The molecule has 0 radical (unpaired) electrons.